The van der Waals surface area contributed by atoms with Crippen LogP contribution >= 0.6 is 0 Å². The van der Waals surface area contributed by atoms with Gasteiger partial charge in [-0.25, -0.2) is 0 Å². The van der Waals surface area contributed by atoms with Crippen molar-refractivity contribution in [3.05, 3.63) is 60.2 Å². The highest BCUT2D eigenvalue weighted by molar-refractivity contribution is 5.83. The van der Waals surface area contributed by atoms with Gasteiger partial charge in [0.25, 0.3) is 0 Å². The van der Waals surface area contributed by atoms with E-state index >= 15 is 0 Å². The summed E-state index contributed by atoms with van der Waals surface area (Å²) in [7, 11) is 1.51. The molecule has 0 unspecified atom stereocenters. The van der Waals surface area contributed by atoms with Crippen LogP contribution in [0.25, 0.3) is 0 Å². The van der Waals surface area contributed by atoms with Gasteiger partial charge in [0.05, 0.1) is 6.21 Å². The van der Waals surface area contributed by atoms with Crippen LogP contribution in [0.4, 0.5) is 0 Å². The molecule has 0 saturated heterocycles. The maximum absolute atomic E-state index is 5.76. The quantitative estimate of drug-likeness (QED) is 0.591. The number of benzene rings is 2. The minimum absolute atomic E-state index is 0.750. The Hall–Kier alpha value is -2.29. The molecular weight excluding hydrogens is 214 g/mol. The minimum Gasteiger partial charge on any atom is -0.457 e. The van der Waals surface area contributed by atoms with Crippen molar-refractivity contribution in [1.29, 1.82) is 0 Å². The van der Waals surface area contributed by atoms with Gasteiger partial charge in [0, 0.05) is 5.56 Å². The maximum Gasteiger partial charge on any atom is 0.136 e. The molecule has 0 radical (unpaired) electrons. The van der Waals surface area contributed by atoms with E-state index in [0.29, 0.717) is 0 Å². The Morgan fingerprint density at radius 1 is 0.941 bits per heavy atom. The lowest BCUT2D eigenvalue weighted by atomic mass is 10.2. The molecule has 0 aliphatic carbocycles. The Morgan fingerprint density at radius 2 is 1.65 bits per heavy atom. The van der Waals surface area contributed by atoms with E-state index in [1.54, 1.807) is 6.21 Å². The molecule has 0 aliphatic rings. The van der Waals surface area contributed by atoms with Crippen molar-refractivity contribution in [2.75, 3.05) is 7.11 Å². The van der Waals surface area contributed by atoms with Crippen LogP contribution in [-0.2, 0) is 4.84 Å². The molecule has 2 aromatic carbocycles. The number of nitrogens with zero attached hydrogens (tertiary/aromatic N) is 1. The lowest BCUT2D eigenvalue weighted by Crippen LogP contribution is -1.90. The van der Waals surface area contributed by atoms with E-state index in [9.17, 15) is 0 Å². The number of rotatable bonds is 4. The van der Waals surface area contributed by atoms with E-state index < -0.39 is 0 Å². The van der Waals surface area contributed by atoms with E-state index in [1.807, 2.05) is 54.6 Å². The molecule has 0 N–H and O–H groups in total. The largest absolute Gasteiger partial charge is 0.457 e. The predicted octanol–water partition coefficient (Wildman–Crippen LogP) is 3.46. The maximum atomic E-state index is 5.76. The van der Waals surface area contributed by atoms with Gasteiger partial charge in [-0.2, -0.15) is 0 Å². The fourth-order valence-corrected chi connectivity index (χ4v) is 1.41. The zero-order valence-electron chi connectivity index (χ0n) is 9.54. The molecule has 3 nitrogen and oxygen atoms in total. The summed E-state index contributed by atoms with van der Waals surface area (Å²) in [4.78, 5) is 4.66. The first-order valence-electron chi connectivity index (χ1n) is 5.28. The number of ether oxygens (including phenoxy) is 1. The third kappa shape index (κ3) is 3.08. The Labute approximate surface area is 100 Å². The van der Waals surface area contributed by atoms with Crippen molar-refractivity contribution >= 4 is 6.21 Å². The number of para-hydroxylation sites is 2. The van der Waals surface area contributed by atoms with E-state index in [0.717, 1.165) is 17.1 Å². The van der Waals surface area contributed by atoms with Crippen molar-refractivity contribution in [2.24, 2.45) is 5.16 Å². The molecule has 0 aromatic heterocycles. The molecule has 2 rings (SSSR count). The normalized spacial score (nSPS) is 10.4. The predicted molar refractivity (Wildman–Crippen MR) is 67.6 cm³/mol. The summed E-state index contributed by atoms with van der Waals surface area (Å²) >= 11 is 0. The van der Waals surface area contributed by atoms with Gasteiger partial charge in [-0.3, -0.25) is 0 Å². The number of oxime groups is 1. The van der Waals surface area contributed by atoms with Gasteiger partial charge in [-0.05, 0) is 24.3 Å². The summed E-state index contributed by atoms with van der Waals surface area (Å²) < 4.78 is 5.76. The molecule has 17 heavy (non-hydrogen) atoms. The SMILES string of the molecule is CO/N=C/c1ccccc1Oc1ccccc1. The summed E-state index contributed by atoms with van der Waals surface area (Å²) in [6, 6.07) is 17.3. The monoisotopic (exact) mass is 227 g/mol. The Balaban J connectivity index is 2.23. The van der Waals surface area contributed by atoms with Crippen LogP contribution in [0.15, 0.2) is 59.8 Å². The highest BCUT2D eigenvalue weighted by Crippen LogP contribution is 2.23. The molecular formula is C14H13NO2. The lowest BCUT2D eigenvalue weighted by molar-refractivity contribution is 0.215. The Kier molecular flexibility index (Phi) is 3.76. The minimum atomic E-state index is 0.750. The van der Waals surface area contributed by atoms with Crippen molar-refractivity contribution in [3.8, 4) is 11.5 Å². The van der Waals surface area contributed by atoms with Crippen molar-refractivity contribution in [3.63, 3.8) is 0 Å². The number of hydrogen-bond donors (Lipinski definition) is 0. The average Bonchev–Trinajstić information content (AvgIpc) is 2.39. The zero-order chi connectivity index (χ0) is 11.9. The first-order valence-corrected chi connectivity index (χ1v) is 5.28. The zero-order valence-corrected chi connectivity index (χ0v) is 9.54. The molecule has 0 aliphatic heterocycles. The molecule has 0 saturated carbocycles. The van der Waals surface area contributed by atoms with Crippen LogP contribution in [0, 0.1) is 0 Å². The second kappa shape index (κ2) is 5.70. The molecule has 0 spiro atoms. The first-order chi connectivity index (χ1) is 8.40. The van der Waals surface area contributed by atoms with Crippen LogP contribution in [0.5, 0.6) is 11.5 Å². The van der Waals surface area contributed by atoms with Gasteiger partial charge < -0.3 is 9.57 Å². The van der Waals surface area contributed by atoms with Gasteiger partial charge in [-0.15, -0.1) is 0 Å². The molecule has 0 heterocycles. The van der Waals surface area contributed by atoms with Crippen LogP contribution in [0.2, 0.25) is 0 Å². The van der Waals surface area contributed by atoms with Crippen LogP contribution < -0.4 is 4.74 Å². The average molecular weight is 227 g/mol. The van der Waals surface area contributed by atoms with E-state index in [4.69, 9.17) is 4.74 Å². The number of hydrogen-bond acceptors (Lipinski definition) is 3. The molecule has 3 heteroatoms. The second-order valence-corrected chi connectivity index (χ2v) is 3.37. The highest BCUT2D eigenvalue weighted by atomic mass is 16.6. The summed E-state index contributed by atoms with van der Waals surface area (Å²) in [6.45, 7) is 0. The van der Waals surface area contributed by atoms with Gasteiger partial charge in [0.2, 0.25) is 0 Å². The van der Waals surface area contributed by atoms with Gasteiger partial charge in [-0.1, -0.05) is 35.5 Å². The molecule has 86 valence electrons. The molecule has 2 aromatic rings. The van der Waals surface area contributed by atoms with Crippen LogP contribution in [-0.4, -0.2) is 13.3 Å². The van der Waals surface area contributed by atoms with Gasteiger partial charge in [0.1, 0.15) is 18.6 Å². The fraction of sp³-hybridized carbons (Fsp3) is 0.0714. The van der Waals surface area contributed by atoms with Crippen molar-refractivity contribution < 1.29 is 9.57 Å². The highest BCUT2D eigenvalue weighted by Gasteiger charge is 2.01. The van der Waals surface area contributed by atoms with Crippen LogP contribution in [0.3, 0.4) is 0 Å². The molecule has 0 bridgehead atoms. The lowest BCUT2D eigenvalue weighted by Gasteiger charge is -2.07. The van der Waals surface area contributed by atoms with E-state index in [2.05, 4.69) is 9.99 Å². The van der Waals surface area contributed by atoms with Crippen molar-refractivity contribution in [1.82, 2.24) is 0 Å². The fourth-order valence-electron chi connectivity index (χ4n) is 1.41. The molecule has 0 amide bonds. The molecule has 0 atom stereocenters. The second-order valence-electron chi connectivity index (χ2n) is 3.37. The summed E-state index contributed by atoms with van der Waals surface area (Å²) in [6.07, 6.45) is 1.62. The van der Waals surface area contributed by atoms with Crippen molar-refractivity contribution in [2.45, 2.75) is 0 Å². The standard InChI is InChI=1S/C14H13NO2/c1-16-15-11-12-7-5-6-10-14(12)17-13-8-3-2-4-9-13/h2-11H,1H3/b15-11+. The Bertz CT molecular complexity index is 495. The third-order valence-electron chi connectivity index (χ3n) is 2.19. The summed E-state index contributed by atoms with van der Waals surface area (Å²) in [5.74, 6) is 1.55. The summed E-state index contributed by atoms with van der Waals surface area (Å²) in [5, 5.41) is 3.74. The van der Waals surface area contributed by atoms with Crippen LogP contribution in [0.1, 0.15) is 5.56 Å². The van der Waals surface area contributed by atoms with Gasteiger partial charge >= 0.3 is 0 Å². The van der Waals surface area contributed by atoms with E-state index in [1.165, 1.54) is 7.11 Å². The third-order valence-corrected chi connectivity index (χ3v) is 2.19. The summed E-state index contributed by atoms with van der Waals surface area (Å²) in [5.41, 5.74) is 0.873. The van der Waals surface area contributed by atoms with Gasteiger partial charge in [0.15, 0.2) is 0 Å². The topological polar surface area (TPSA) is 30.8 Å². The first kappa shape index (κ1) is 11.2. The Morgan fingerprint density at radius 3 is 2.41 bits per heavy atom. The molecule has 0 fully saturated rings. The smallest absolute Gasteiger partial charge is 0.136 e. The van der Waals surface area contributed by atoms with E-state index in [-0.39, 0.29) is 0 Å².